The van der Waals surface area contributed by atoms with Crippen molar-refractivity contribution in [3.8, 4) is 0 Å². The zero-order valence-electron chi connectivity index (χ0n) is 24.4. The highest BCUT2D eigenvalue weighted by Gasteiger charge is 2.37. The van der Waals surface area contributed by atoms with Gasteiger partial charge in [-0.15, -0.1) is 11.8 Å². The van der Waals surface area contributed by atoms with Crippen LogP contribution in [0.5, 0.6) is 0 Å². The molecule has 2 aromatic rings. The van der Waals surface area contributed by atoms with Crippen molar-refractivity contribution < 1.29 is 33.4 Å². The first-order chi connectivity index (χ1) is 20.0. The Morgan fingerprint density at radius 2 is 1.62 bits per heavy atom. The van der Waals surface area contributed by atoms with Gasteiger partial charge in [-0.1, -0.05) is 24.3 Å². The number of hydrogen-bond donors (Lipinski definition) is 1. The molecule has 2 unspecified atom stereocenters. The highest BCUT2D eigenvalue weighted by molar-refractivity contribution is 7.99. The molecule has 42 heavy (non-hydrogen) atoms. The molecule has 2 aliphatic rings. The van der Waals surface area contributed by atoms with Crippen LogP contribution in [0.4, 0.5) is 5.69 Å². The number of fused-ring (bicyclic) bond motifs is 2. The van der Waals surface area contributed by atoms with Crippen LogP contribution in [0.1, 0.15) is 67.7 Å². The first kappa shape index (κ1) is 31.2. The highest BCUT2D eigenvalue weighted by atomic mass is 32.2. The third-order valence-corrected chi connectivity index (χ3v) is 7.97. The van der Waals surface area contributed by atoms with Crippen molar-refractivity contribution in [3.63, 3.8) is 0 Å². The molecule has 2 atom stereocenters. The Bertz CT molecular complexity index is 1320. The normalized spacial score (nSPS) is 17.4. The Hall–Kier alpha value is -3.70. The molecular formula is C31H37N3O7S. The summed E-state index contributed by atoms with van der Waals surface area (Å²) in [5.74, 6) is -1.67. The lowest BCUT2D eigenvalue weighted by Crippen LogP contribution is -2.54. The number of nitrogens with one attached hydrogen (secondary N) is 1. The summed E-state index contributed by atoms with van der Waals surface area (Å²) in [6.45, 7) is 7.14. The number of carbonyl (C=O) groups excluding carboxylic acids is 5. The number of amides is 3. The van der Waals surface area contributed by atoms with Crippen LogP contribution in [0.25, 0.3) is 0 Å². The van der Waals surface area contributed by atoms with Crippen molar-refractivity contribution in [2.75, 3.05) is 30.3 Å². The zero-order valence-corrected chi connectivity index (χ0v) is 25.2. The fraction of sp³-hybridized carbons (Fsp3) is 0.452. The quantitative estimate of drug-likeness (QED) is 0.235. The standard InChI is InChI=1S/C31H37N3O7S/c1-5-40-30(39)22(14-10-11-17-33-27(36)20-12-6-7-13-21(20)28(33)37)32-23-19-42-25-16-9-8-15-24(25)34(29(23)38)18-26(35)41-31(2,3)4/h6-9,12-13,15-16,22-23,32H,5,10-11,14,17-19H2,1-4H3. The third-order valence-electron chi connectivity index (χ3n) is 6.81. The molecule has 3 amide bonds. The summed E-state index contributed by atoms with van der Waals surface area (Å²) < 4.78 is 10.8. The topological polar surface area (TPSA) is 122 Å². The summed E-state index contributed by atoms with van der Waals surface area (Å²) in [5, 5.41) is 3.19. The molecule has 10 nitrogen and oxygen atoms in total. The van der Waals surface area contributed by atoms with E-state index in [0.717, 1.165) is 4.90 Å². The number of unbranched alkanes of at least 4 members (excludes halogenated alkanes) is 1. The van der Waals surface area contributed by atoms with Crippen molar-refractivity contribution in [2.24, 2.45) is 0 Å². The SMILES string of the molecule is CCOC(=O)C(CCCCN1C(=O)c2ccccc2C1=O)NC1CSc2ccccc2N(CC(=O)OC(C)(C)C)C1=O. The smallest absolute Gasteiger partial charge is 0.326 e. The molecule has 0 spiro atoms. The summed E-state index contributed by atoms with van der Waals surface area (Å²) in [6.07, 6.45) is 1.31. The minimum Gasteiger partial charge on any atom is -0.465 e. The van der Waals surface area contributed by atoms with Crippen LogP contribution in [-0.2, 0) is 23.9 Å². The van der Waals surface area contributed by atoms with Gasteiger partial charge in [0.25, 0.3) is 11.8 Å². The Morgan fingerprint density at radius 3 is 2.26 bits per heavy atom. The molecule has 2 aliphatic heterocycles. The lowest BCUT2D eigenvalue weighted by Gasteiger charge is -2.28. The number of thioether (sulfide) groups is 1. The summed E-state index contributed by atoms with van der Waals surface area (Å²) >= 11 is 1.46. The van der Waals surface area contributed by atoms with Gasteiger partial charge in [0, 0.05) is 17.2 Å². The number of anilines is 1. The largest absolute Gasteiger partial charge is 0.465 e. The maximum atomic E-state index is 13.8. The summed E-state index contributed by atoms with van der Waals surface area (Å²) in [7, 11) is 0. The van der Waals surface area contributed by atoms with Gasteiger partial charge >= 0.3 is 11.9 Å². The van der Waals surface area contributed by atoms with Gasteiger partial charge in [-0.2, -0.15) is 0 Å². The summed E-state index contributed by atoms with van der Waals surface area (Å²) in [6, 6.07) is 12.5. The third kappa shape index (κ3) is 7.38. The number of imide groups is 1. The number of nitrogens with zero attached hydrogens (tertiary/aromatic N) is 2. The van der Waals surface area contributed by atoms with Gasteiger partial charge in [0.05, 0.1) is 29.5 Å². The van der Waals surface area contributed by atoms with E-state index in [9.17, 15) is 24.0 Å². The van der Waals surface area contributed by atoms with Crippen LogP contribution < -0.4 is 10.2 Å². The number of hydrogen-bond acceptors (Lipinski definition) is 9. The Balaban J connectivity index is 1.43. The molecule has 0 aromatic heterocycles. The maximum Gasteiger partial charge on any atom is 0.326 e. The van der Waals surface area contributed by atoms with Crippen molar-refractivity contribution in [1.82, 2.24) is 10.2 Å². The van der Waals surface area contributed by atoms with Gasteiger partial charge in [-0.25, -0.2) is 0 Å². The molecule has 2 heterocycles. The van der Waals surface area contributed by atoms with E-state index in [1.54, 1.807) is 64.1 Å². The monoisotopic (exact) mass is 595 g/mol. The molecule has 224 valence electrons. The van der Waals surface area contributed by atoms with Crippen LogP contribution in [-0.4, -0.2) is 77.7 Å². The fourth-order valence-electron chi connectivity index (χ4n) is 4.95. The Kier molecular flexibility index (Phi) is 10.1. The maximum absolute atomic E-state index is 13.8. The number of esters is 2. The van der Waals surface area contributed by atoms with Gasteiger partial charge in [0.2, 0.25) is 5.91 Å². The van der Waals surface area contributed by atoms with Crippen molar-refractivity contribution in [3.05, 3.63) is 59.7 Å². The van der Waals surface area contributed by atoms with E-state index in [0.29, 0.717) is 41.8 Å². The molecule has 1 N–H and O–H groups in total. The molecule has 0 aliphatic carbocycles. The second-order valence-electron chi connectivity index (χ2n) is 11.1. The Morgan fingerprint density at radius 1 is 0.976 bits per heavy atom. The molecule has 0 saturated heterocycles. The van der Waals surface area contributed by atoms with E-state index in [4.69, 9.17) is 9.47 Å². The van der Waals surface area contributed by atoms with Crippen molar-refractivity contribution in [1.29, 1.82) is 0 Å². The predicted octanol–water partition coefficient (Wildman–Crippen LogP) is 3.82. The lowest BCUT2D eigenvalue weighted by atomic mass is 10.1. The van der Waals surface area contributed by atoms with Gasteiger partial charge in [-0.05, 0) is 71.2 Å². The van der Waals surface area contributed by atoms with E-state index in [-0.39, 0.29) is 37.4 Å². The van der Waals surface area contributed by atoms with Crippen LogP contribution in [0.3, 0.4) is 0 Å². The van der Waals surface area contributed by atoms with Gasteiger partial charge in [0.15, 0.2) is 0 Å². The predicted molar refractivity (Wildman–Crippen MR) is 158 cm³/mol. The zero-order chi connectivity index (χ0) is 30.4. The first-order valence-corrected chi connectivity index (χ1v) is 15.1. The van der Waals surface area contributed by atoms with E-state index in [1.807, 2.05) is 12.1 Å². The second kappa shape index (κ2) is 13.5. The van der Waals surface area contributed by atoms with Crippen LogP contribution in [0.2, 0.25) is 0 Å². The molecule has 0 saturated carbocycles. The second-order valence-corrected chi connectivity index (χ2v) is 12.2. The lowest BCUT2D eigenvalue weighted by molar-refractivity contribution is -0.154. The molecule has 4 rings (SSSR count). The molecular weight excluding hydrogens is 558 g/mol. The van der Waals surface area contributed by atoms with Crippen molar-refractivity contribution in [2.45, 2.75) is 69.5 Å². The van der Waals surface area contributed by atoms with Crippen LogP contribution >= 0.6 is 11.8 Å². The van der Waals surface area contributed by atoms with E-state index in [1.165, 1.54) is 21.6 Å². The summed E-state index contributed by atoms with van der Waals surface area (Å²) in [4.78, 5) is 68.3. The number of para-hydroxylation sites is 1. The fourth-order valence-corrected chi connectivity index (χ4v) is 6.04. The number of rotatable bonds is 11. The number of carbonyl (C=O) groups is 5. The van der Waals surface area contributed by atoms with Gasteiger partial charge in [0.1, 0.15) is 18.2 Å². The van der Waals surface area contributed by atoms with Gasteiger partial charge in [-0.3, -0.25) is 39.1 Å². The molecule has 0 radical (unpaired) electrons. The molecule has 11 heteroatoms. The highest BCUT2D eigenvalue weighted by Crippen LogP contribution is 2.34. The summed E-state index contributed by atoms with van der Waals surface area (Å²) in [5.41, 5.74) is 0.695. The van der Waals surface area contributed by atoms with E-state index >= 15 is 0 Å². The van der Waals surface area contributed by atoms with Crippen molar-refractivity contribution >= 4 is 47.1 Å². The minimum atomic E-state index is -0.800. The number of benzene rings is 2. The minimum absolute atomic E-state index is 0.176. The molecule has 0 bridgehead atoms. The first-order valence-electron chi connectivity index (χ1n) is 14.1. The Labute approximate surface area is 250 Å². The van der Waals surface area contributed by atoms with E-state index < -0.39 is 29.6 Å². The molecule has 0 fully saturated rings. The number of ether oxygens (including phenoxy) is 2. The van der Waals surface area contributed by atoms with Crippen LogP contribution in [0, 0.1) is 0 Å². The molecule has 2 aromatic carbocycles. The van der Waals surface area contributed by atoms with Gasteiger partial charge < -0.3 is 9.47 Å². The van der Waals surface area contributed by atoms with Crippen LogP contribution in [0.15, 0.2) is 53.4 Å². The average Bonchev–Trinajstić information content (AvgIpc) is 3.10. The average molecular weight is 596 g/mol. The van der Waals surface area contributed by atoms with E-state index in [2.05, 4.69) is 5.32 Å².